The summed E-state index contributed by atoms with van der Waals surface area (Å²) in [4.78, 5) is 15.4. The fourth-order valence-corrected chi connectivity index (χ4v) is 2.13. The number of hydrogen-bond acceptors (Lipinski definition) is 4. The first-order valence-corrected chi connectivity index (χ1v) is 6.39. The van der Waals surface area contributed by atoms with E-state index in [2.05, 4.69) is 15.2 Å². The van der Waals surface area contributed by atoms with E-state index in [1.54, 1.807) is 24.3 Å². The second-order valence-corrected chi connectivity index (χ2v) is 4.54. The molecule has 106 valence electrons. The second kappa shape index (κ2) is 5.58. The van der Waals surface area contributed by atoms with Crippen LogP contribution in [0.2, 0.25) is 0 Å². The third kappa shape index (κ3) is 2.47. The molecule has 6 heteroatoms. The van der Waals surface area contributed by atoms with Crippen LogP contribution in [0.1, 0.15) is 5.56 Å². The van der Waals surface area contributed by atoms with Crippen molar-refractivity contribution in [1.82, 2.24) is 15.2 Å². The first-order chi connectivity index (χ1) is 10.7. The van der Waals surface area contributed by atoms with Crippen molar-refractivity contribution in [2.45, 2.75) is 0 Å². The molecule has 3 aromatic rings. The monoisotopic (exact) mass is 292 g/mol. The molecule has 0 saturated heterocycles. The van der Waals surface area contributed by atoms with Crippen LogP contribution < -0.4 is 5.56 Å². The van der Waals surface area contributed by atoms with Crippen LogP contribution in [0, 0.1) is 17.1 Å². The number of rotatable bonds is 2. The summed E-state index contributed by atoms with van der Waals surface area (Å²) >= 11 is 0. The van der Waals surface area contributed by atoms with Crippen LogP contribution in [0.3, 0.4) is 0 Å². The molecule has 2 heterocycles. The Morgan fingerprint density at radius 1 is 1.18 bits per heavy atom. The zero-order chi connectivity index (χ0) is 15.5. The minimum atomic E-state index is -0.489. The van der Waals surface area contributed by atoms with E-state index in [1.807, 2.05) is 6.07 Å². The molecule has 0 fully saturated rings. The van der Waals surface area contributed by atoms with E-state index in [0.29, 0.717) is 11.1 Å². The quantitative estimate of drug-likeness (QED) is 0.786. The zero-order valence-electron chi connectivity index (χ0n) is 11.2. The number of aromatic nitrogens is 3. The van der Waals surface area contributed by atoms with Crippen molar-refractivity contribution in [2.24, 2.45) is 0 Å². The van der Waals surface area contributed by atoms with Crippen molar-refractivity contribution in [3.05, 3.63) is 70.5 Å². The van der Waals surface area contributed by atoms with E-state index in [9.17, 15) is 9.18 Å². The number of nitrogens with zero attached hydrogens (tertiary/aromatic N) is 3. The minimum Gasteiger partial charge on any atom is -0.268 e. The van der Waals surface area contributed by atoms with Crippen LogP contribution in [0.4, 0.5) is 4.39 Å². The van der Waals surface area contributed by atoms with Crippen LogP contribution in [0.25, 0.3) is 22.4 Å². The molecule has 0 amide bonds. The molecule has 0 atom stereocenters. The largest absolute Gasteiger partial charge is 0.268 e. The van der Waals surface area contributed by atoms with Crippen molar-refractivity contribution >= 4 is 0 Å². The van der Waals surface area contributed by atoms with Crippen molar-refractivity contribution in [2.75, 3.05) is 0 Å². The van der Waals surface area contributed by atoms with Gasteiger partial charge in [-0.3, -0.25) is 9.78 Å². The fourth-order valence-electron chi connectivity index (χ4n) is 2.13. The van der Waals surface area contributed by atoms with E-state index in [-0.39, 0.29) is 22.4 Å². The van der Waals surface area contributed by atoms with Gasteiger partial charge in [-0.15, -0.1) is 0 Å². The number of aromatic amines is 1. The maximum absolute atomic E-state index is 14.1. The smallest absolute Gasteiger partial charge is 0.264 e. The van der Waals surface area contributed by atoms with Gasteiger partial charge in [-0.25, -0.2) is 9.49 Å². The lowest BCUT2D eigenvalue weighted by Gasteiger charge is -2.07. The normalized spacial score (nSPS) is 10.2. The molecule has 1 aromatic carbocycles. The van der Waals surface area contributed by atoms with E-state index in [1.165, 1.54) is 24.5 Å². The summed E-state index contributed by atoms with van der Waals surface area (Å²) < 4.78 is 14.1. The van der Waals surface area contributed by atoms with Crippen LogP contribution in [0.15, 0.2) is 53.6 Å². The van der Waals surface area contributed by atoms with E-state index >= 15 is 0 Å². The highest BCUT2D eigenvalue weighted by Crippen LogP contribution is 2.28. The molecule has 0 bridgehead atoms. The molecule has 22 heavy (non-hydrogen) atoms. The summed E-state index contributed by atoms with van der Waals surface area (Å²) in [6.45, 7) is 0. The van der Waals surface area contributed by atoms with E-state index in [4.69, 9.17) is 5.26 Å². The number of hydrogen-bond donors (Lipinski definition) is 1. The molecule has 5 nitrogen and oxygen atoms in total. The van der Waals surface area contributed by atoms with Crippen LogP contribution in [0.5, 0.6) is 0 Å². The lowest BCUT2D eigenvalue weighted by Crippen LogP contribution is -2.05. The predicted octanol–water partition coefficient (Wildman–Crippen LogP) is 2.51. The number of nitriles is 1. The van der Waals surface area contributed by atoms with E-state index in [0.717, 1.165) is 0 Å². The second-order valence-electron chi connectivity index (χ2n) is 4.54. The van der Waals surface area contributed by atoms with Gasteiger partial charge >= 0.3 is 0 Å². The predicted molar refractivity (Wildman–Crippen MR) is 78.2 cm³/mol. The molecular formula is C16H9FN4O. The Morgan fingerprint density at radius 3 is 2.82 bits per heavy atom. The summed E-state index contributed by atoms with van der Waals surface area (Å²) in [5.74, 6) is -0.489. The molecule has 0 aliphatic carbocycles. The van der Waals surface area contributed by atoms with Crippen molar-refractivity contribution < 1.29 is 4.39 Å². The zero-order valence-corrected chi connectivity index (χ0v) is 11.2. The molecule has 0 radical (unpaired) electrons. The van der Waals surface area contributed by atoms with Crippen LogP contribution in [-0.4, -0.2) is 15.2 Å². The third-order valence-corrected chi connectivity index (χ3v) is 3.15. The average Bonchev–Trinajstić information content (AvgIpc) is 2.55. The van der Waals surface area contributed by atoms with Gasteiger partial charge in [0.15, 0.2) is 0 Å². The van der Waals surface area contributed by atoms with Crippen molar-refractivity contribution in [3.63, 3.8) is 0 Å². The van der Waals surface area contributed by atoms with Gasteiger partial charge in [0.25, 0.3) is 5.56 Å². The maximum Gasteiger partial charge on any atom is 0.264 e. The topological polar surface area (TPSA) is 82.4 Å². The summed E-state index contributed by atoms with van der Waals surface area (Å²) in [5, 5.41) is 15.1. The molecule has 0 aliphatic heterocycles. The van der Waals surface area contributed by atoms with E-state index < -0.39 is 5.82 Å². The summed E-state index contributed by atoms with van der Waals surface area (Å²) in [6, 6.07) is 10.9. The highest BCUT2D eigenvalue weighted by Gasteiger charge is 2.12. The van der Waals surface area contributed by atoms with Gasteiger partial charge in [0.05, 0.1) is 17.5 Å². The Labute approximate surface area is 124 Å². The van der Waals surface area contributed by atoms with Gasteiger partial charge in [0.2, 0.25) is 0 Å². The highest BCUT2D eigenvalue weighted by atomic mass is 19.1. The Morgan fingerprint density at radius 2 is 2.05 bits per heavy atom. The summed E-state index contributed by atoms with van der Waals surface area (Å²) in [7, 11) is 0. The Bertz CT molecular complexity index is 943. The first kappa shape index (κ1) is 13.6. The number of H-pyrrole nitrogens is 1. The first-order valence-electron chi connectivity index (χ1n) is 6.39. The third-order valence-electron chi connectivity index (χ3n) is 3.15. The van der Waals surface area contributed by atoms with Crippen molar-refractivity contribution in [3.8, 4) is 28.5 Å². The minimum absolute atomic E-state index is 0.204. The molecule has 2 aromatic heterocycles. The van der Waals surface area contributed by atoms with Crippen LogP contribution >= 0.6 is 0 Å². The number of benzene rings is 1. The number of pyridine rings is 1. The van der Waals surface area contributed by atoms with Gasteiger partial charge in [0.1, 0.15) is 11.9 Å². The molecule has 0 unspecified atom stereocenters. The molecule has 0 aliphatic rings. The Kier molecular flexibility index (Phi) is 3.46. The number of nitrogens with one attached hydrogen (secondary N) is 1. The van der Waals surface area contributed by atoms with Gasteiger partial charge in [-0.05, 0) is 29.8 Å². The van der Waals surface area contributed by atoms with Crippen LogP contribution in [-0.2, 0) is 0 Å². The molecule has 3 rings (SSSR count). The van der Waals surface area contributed by atoms with Crippen molar-refractivity contribution in [1.29, 1.82) is 5.26 Å². The molecule has 0 saturated carbocycles. The standard InChI is InChI=1S/C16H9FN4O/c17-14-4-3-10(12-7-15(22)21-20-9-12)6-13(14)16-11(8-18)2-1-5-19-16/h1-7,9H,(H,21,22). The van der Waals surface area contributed by atoms with Gasteiger partial charge in [-0.1, -0.05) is 6.07 Å². The maximum atomic E-state index is 14.1. The Balaban J connectivity index is 2.20. The Hall–Kier alpha value is -3.33. The lowest BCUT2D eigenvalue weighted by molar-refractivity contribution is 0.631. The van der Waals surface area contributed by atoms with Gasteiger partial charge in [-0.2, -0.15) is 10.4 Å². The summed E-state index contributed by atoms with van der Waals surface area (Å²) in [5.41, 5.74) is 1.57. The van der Waals surface area contributed by atoms with Gasteiger partial charge in [0, 0.05) is 23.4 Å². The van der Waals surface area contributed by atoms with Gasteiger partial charge < -0.3 is 0 Å². The highest BCUT2D eigenvalue weighted by molar-refractivity contribution is 5.74. The summed E-state index contributed by atoms with van der Waals surface area (Å²) in [6.07, 6.45) is 2.97. The average molecular weight is 292 g/mol. The molecule has 0 spiro atoms. The molecule has 1 N–H and O–H groups in total. The fraction of sp³-hybridized carbons (Fsp3) is 0. The lowest BCUT2D eigenvalue weighted by atomic mass is 10.0. The molecular weight excluding hydrogens is 283 g/mol. The SMILES string of the molecule is N#Cc1cccnc1-c1cc(-c2cn[nH]c(=O)c2)ccc1F. The number of halogens is 1.